The molecule has 1 fully saturated rings. The first-order valence-corrected chi connectivity index (χ1v) is 11.0. The van der Waals surface area contributed by atoms with Crippen LogP contribution in [-0.4, -0.2) is 39.5 Å². The summed E-state index contributed by atoms with van der Waals surface area (Å²) in [7, 11) is 0. The number of carbonyl (C=O) groups is 1. The predicted octanol–water partition coefficient (Wildman–Crippen LogP) is 3.48. The van der Waals surface area contributed by atoms with Gasteiger partial charge in [-0.1, -0.05) is 18.2 Å². The number of aromatic nitrogens is 2. The van der Waals surface area contributed by atoms with Crippen LogP contribution in [0.4, 0.5) is 5.69 Å². The minimum atomic E-state index is -0.195. The average Bonchev–Trinajstić information content (AvgIpc) is 3.36. The largest absolute Gasteiger partial charge is 0.326 e. The number of nitrogens with one attached hydrogen (secondary N) is 2. The zero-order valence-electron chi connectivity index (χ0n) is 17.4. The number of hydrogen-bond acceptors (Lipinski definition) is 3. The van der Waals surface area contributed by atoms with Gasteiger partial charge in [-0.3, -0.25) is 14.3 Å². The molecule has 156 valence electrons. The molecule has 0 radical (unpaired) electrons. The molecule has 1 aliphatic heterocycles. The van der Waals surface area contributed by atoms with Gasteiger partial charge in [0.25, 0.3) is 0 Å². The van der Waals surface area contributed by atoms with Crippen LogP contribution in [0.1, 0.15) is 43.4 Å². The predicted molar refractivity (Wildman–Crippen MR) is 119 cm³/mol. The molecular formula is C24H28N4O2. The Kier molecular flexibility index (Phi) is 4.95. The molecular weight excluding hydrogens is 376 g/mol. The Balaban J connectivity index is 1.23. The molecule has 1 atom stereocenters. The standard InChI is InChI=1S/C24H28N4O2/c1-16(23(29)25-19-10-9-17-5-4-6-18(17)15-19)27-13-11-20(12-14-27)28-22-8-3-2-7-21(22)26-24(28)30/h2-3,7-10,15-16,20H,4-6,11-14H2,1H3,(H,25,29)(H,26,30)/t16-/m0/s1. The number of carbonyl (C=O) groups excluding carboxylic acids is 1. The Bertz CT molecular complexity index is 1140. The summed E-state index contributed by atoms with van der Waals surface area (Å²) in [6, 6.07) is 14.1. The van der Waals surface area contributed by atoms with Gasteiger partial charge in [0.05, 0.1) is 17.1 Å². The van der Waals surface area contributed by atoms with Crippen molar-refractivity contribution in [2.24, 2.45) is 0 Å². The monoisotopic (exact) mass is 404 g/mol. The second-order valence-electron chi connectivity index (χ2n) is 8.59. The fourth-order valence-electron chi connectivity index (χ4n) is 5.03. The molecule has 0 unspecified atom stereocenters. The number of fused-ring (bicyclic) bond motifs is 2. The van der Waals surface area contributed by atoms with Crippen LogP contribution >= 0.6 is 0 Å². The summed E-state index contributed by atoms with van der Waals surface area (Å²) in [6.45, 7) is 3.58. The number of hydrogen-bond donors (Lipinski definition) is 2. The highest BCUT2D eigenvalue weighted by Gasteiger charge is 2.29. The van der Waals surface area contributed by atoms with Crippen LogP contribution in [0.3, 0.4) is 0 Å². The van der Waals surface area contributed by atoms with Crippen LogP contribution in [0.15, 0.2) is 47.3 Å². The summed E-state index contributed by atoms with van der Waals surface area (Å²) in [6.07, 6.45) is 5.18. The molecule has 30 heavy (non-hydrogen) atoms. The highest BCUT2D eigenvalue weighted by molar-refractivity contribution is 5.94. The molecule has 0 saturated carbocycles. The molecule has 3 aromatic rings. The van der Waals surface area contributed by atoms with Crippen molar-refractivity contribution in [3.05, 3.63) is 64.1 Å². The van der Waals surface area contributed by atoms with Gasteiger partial charge in [-0.25, -0.2) is 4.79 Å². The number of para-hydroxylation sites is 2. The summed E-state index contributed by atoms with van der Waals surface area (Å²) in [5, 5.41) is 3.10. The third-order valence-electron chi connectivity index (χ3n) is 6.78. The van der Waals surface area contributed by atoms with Crippen molar-refractivity contribution < 1.29 is 4.79 Å². The number of anilines is 1. The molecule has 0 bridgehead atoms. The number of amides is 1. The maximum Gasteiger partial charge on any atom is 0.326 e. The number of likely N-dealkylation sites (tertiary alicyclic amines) is 1. The van der Waals surface area contributed by atoms with E-state index in [9.17, 15) is 9.59 Å². The molecule has 1 aromatic heterocycles. The van der Waals surface area contributed by atoms with Crippen molar-refractivity contribution in [1.29, 1.82) is 0 Å². The van der Waals surface area contributed by atoms with Gasteiger partial charge in [-0.2, -0.15) is 0 Å². The van der Waals surface area contributed by atoms with E-state index in [1.165, 1.54) is 17.5 Å². The van der Waals surface area contributed by atoms with Crippen molar-refractivity contribution in [2.75, 3.05) is 18.4 Å². The van der Waals surface area contributed by atoms with Crippen LogP contribution in [0.5, 0.6) is 0 Å². The Morgan fingerprint density at radius 2 is 1.87 bits per heavy atom. The Morgan fingerprint density at radius 1 is 1.10 bits per heavy atom. The van der Waals surface area contributed by atoms with Crippen molar-refractivity contribution >= 4 is 22.6 Å². The van der Waals surface area contributed by atoms with E-state index < -0.39 is 0 Å². The van der Waals surface area contributed by atoms with E-state index in [1.54, 1.807) is 0 Å². The van der Waals surface area contributed by atoms with Crippen molar-refractivity contribution in [1.82, 2.24) is 14.5 Å². The average molecular weight is 405 g/mol. The van der Waals surface area contributed by atoms with Gasteiger partial charge >= 0.3 is 5.69 Å². The zero-order valence-corrected chi connectivity index (χ0v) is 17.4. The summed E-state index contributed by atoms with van der Waals surface area (Å²) in [4.78, 5) is 30.5. The molecule has 1 aliphatic carbocycles. The van der Waals surface area contributed by atoms with Crippen LogP contribution < -0.4 is 11.0 Å². The van der Waals surface area contributed by atoms with E-state index in [1.807, 2.05) is 41.8 Å². The quantitative estimate of drug-likeness (QED) is 0.699. The van der Waals surface area contributed by atoms with Crippen molar-refractivity contribution in [2.45, 2.75) is 51.1 Å². The van der Waals surface area contributed by atoms with Gasteiger partial charge in [0.1, 0.15) is 0 Å². The third kappa shape index (κ3) is 3.45. The molecule has 2 N–H and O–H groups in total. The number of H-pyrrole nitrogens is 1. The Labute approximate surface area is 175 Å². The molecule has 6 heteroatoms. The first kappa shape index (κ1) is 19.1. The van der Waals surface area contributed by atoms with Gasteiger partial charge in [0.15, 0.2) is 0 Å². The molecule has 1 saturated heterocycles. The van der Waals surface area contributed by atoms with E-state index in [4.69, 9.17) is 0 Å². The third-order valence-corrected chi connectivity index (χ3v) is 6.78. The zero-order chi connectivity index (χ0) is 20.7. The fraction of sp³-hybridized carbons (Fsp3) is 0.417. The minimum Gasteiger partial charge on any atom is -0.325 e. The Hall–Kier alpha value is -2.86. The lowest BCUT2D eigenvalue weighted by Gasteiger charge is -2.35. The fourth-order valence-corrected chi connectivity index (χ4v) is 5.03. The van der Waals surface area contributed by atoms with E-state index in [-0.39, 0.29) is 23.7 Å². The van der Waals surface area contributed by atoms with E-state index in [0.29, 0.717) is 0 Å². The number of aryl methyl sites for hydroxylation is 2. The van der Waals surface area contributed by atoms with Gasteiger partial charge in [-0.15, -0.1) is 0 Å². The topological polar surface area (TPSA) is 70.1 Å². The van der Waals surface area contributed by atoms with Crippen LogP contribution in [0.25, 0.3) is 11.0 Å². The lowest BCUT2D eigenvalue weighted by Crippen LogP contribution is -2.46. The van der Waals surface area contributed by atoms with Gasteiger partial charge in [-0.05, 0) is 74.4 Å². The number of imidazole rings is 1. The summed E-state index contributed by atoms with van der Waals surface area (Å²) < 4.78 is 1.89. The van der Waals surface area contributed by atoms with Crippen LogP contribution in [0, 0.1) is 0 Å². The van der Waals surface area contributed by atoms with Crippen molar-refractivity contribution in [3.8, 4) is 0 Å². The Morgan fingerprint density at radius 3 is 2.70 bits per heavy atom. The van der Waals surface area contributed by atoms with E-state index in [2.05, 4.69) is 27.3 Å². The molecule has 5 rings (SSSR count). The maximum atomic E-state index is 12.8. The minimum absolute atomic E-state index is 0.0376. The summed E-state index contributed by atoms with van der Waals surface area (Å²) in [5.74, 6) is 0.0376. The normalized spacial score (nSPS) is 18.4. The van der Waals surface area contributed by atoms with Gasteiger partial charge in [0.2, 0.25) is 5.91 Å². The van der Waals surface area contributed by atoms with Gasteiger partial charge in [0, 0.05) is 24.8 Å². The number of rotatable bonds is 4. The highest BCUT2D eigenvalue weighted by atomic mass is 16.2. The second-order valence-corrected chi connectivity index (χ2v) is 8.59. The van der Waals surface area contributed by atoms with Crippen LogP contribution in [-0.2, 0) is 17.6 Å². The van der Waals surface area contributed by atoms with E-state index in [0.717, 1.165) is 55.5 Å². The lowest BCUT2D eigenvalue weighted by molar-refractivity contribution is -0.121. The highest BCUT2D eigenvalue weighted by Crippen LogP contribution is 2.27. The summed E-state index contributed by atoms with van der Waals surface area (Å²) >= 11 is 0. The molecule has 6 nitrogen and oxygen atoms in total. The summed E-state index contributed by atoms with van der Waals surface area (Å²) in [5.41, 5.74) is 5.47. The molecule has 2 aliphatic rings. The van der Waals surface area contributed by atoms with Crippen molar-refractivity contribution in [3.63, 3.8) is 0 Å². The molecule has 0 spiro atoms. The number of aromatic amines is 1. The first-order chi connectivity index (χ1) is 14.6. The number of nitrogens with zero attached hydrogens (tertiary/aromatic N) is 2. The maximum absolute atomic E-state index is 12.8. The molecule has 2 aromatic carbocycles. The number of piperidine rings is 1. The van der Waals surface area contributed by atoms with Gasteiger partial charge < -0.3 is 10.3 Å². The molecule has 2 heterocycles. The molecule has 1 amide bonds. The second kappa shape index (κ2) is 7.76. The van der Waals surface area contributed by atoms with Crippen LogP contribution in [0.2, 0.25) is 0 Å². The lowest BCUT2D eigenvalue weighted by atomic mass is 10.0. The number of benzene rings is 2. The first-order valence-electron chi connectivity index (χ1n) is 11.0. The smallest absolute Gasteiger partial charge is 0.325 e. The SMILES string of the molecule is C[C@@H](C(=O)Nc1ccc2c(c1)CCC2)N1CCC(n2c(=O)[nH]c3ccccc32)CC1. The van der Waals surface area contributed by atoms with E-state index >= 15 is 0 Å².